The Hall–Kier alpha value is -8.12. The Morgan fingerprint density at radius 1 is 0.271 bits per heavy atom. The summed E-state index contributed by atoms with van der Waals surface area (Å²) in [5.41, 5.74) is 5.30. The maximum absolute atomic E-state index is 6.33. The second-order valence-corrected chi connectivity index (χ2v) is 22.7. The van der Waals surface area contributed by atoms with Gasteiger partial charge in [0, 0.05) is 44.8 Å². The monoisotopic (exact) mass is 1170 g/mol. The molecule has 0 saturated heterocycles. The minimum absolute atomic E-state index is 0. The Morgan fingerprint density at radius 2 is 0.518 bits per heavy atom. The van der Waals surface area contributed by atoms with Crippen molar-refractivity contribution >= 4 is 87.2 Å². The summed E-state index contributed by atoms with van der Waals surface area (Å²) in [5.74, 6) is 5.28. The number of unbranched alkanes of at least 4 members (excludes halogenated alkanes) is 12. The van der Waals surface area contributed by atoms with Crippen LogP contribution in [0.4, 0.5) is 0 Å². The SMILES string of the molecule is CCCCCCOc1ccc2cc3c(cc2c1)-c1nc-3nc2[n-]c(nc3nc(nc4[n-]c(n1)c1cc5ccc(OCCCCCC)cc5cc41)-c1cc4ccc(OCCCCCC)cc4cc1-3)c1cc3ccc(OCCCCCC)cc3cc21.[Fe+2]. The van der Waals surface area contributed by atoms with Crippen molar-refractivity contribution < 1.29 is 36.0 Å². The van der Waals surface area contributed by atoms with Crippen LogP contribution in [-0.2, 0) is 17.1 Å². The van der Waals surface area contributed by atoms with E-state index in [0.717, 1.165) is 161 Å². The van der Waals surface area contributed by atoms with Crippen molar-refractivity contribution in [2.24, 2.45) is 0 Å². The molecule has 11 aromatic rings. The fourth-order valence-corrected chi connectivity index (χ4v) is 11.8. The fraction of sp³-hybridized carbons (Fsp3) is 0.333. The average molecular weight is 1170 g/mol. The standard InChI is InChI=1S/C72H72N8O4.Fe/c1-5-9-13-17-29-81-53-25-21-45-37-57-61(41-49(45)33-53)69-73-65(57)78-70-63-43-51-35-55(83-31-19-15-11-7-3)27-23-47(51)39-59(63)67(75-70)80-72-64-44-52-36-56(84-32-20-16-12-8-4)28-24-48(52)40-60(64)68(76-72)79-71-62-42-50-34-54(82-30-18-14-10-6-2)26-22-46(50)38-58(62)66(74-71)77-69;/h21-28,33-44H,5-20,29-32H2,1-4H3;/q-2;+2. The molecule has 13 heteroatoms. The number of hydrogen-bond donors (Lipinski definition) is 0. The van der Waals surface area contributed by atoms with Crippen LogP contribution < -0.4 is 28.9 Å². The normalized spacial score (nSPS) is 11.9. The summed E-state index contributed by atoms with van der Waals surface area (Å²) in [6, 6.07) is 42.4. The van der Waals surface area contributed by atoms with E-state index in [1.807, 2.05) is 0 Å². The number of benzene rings is 8. The van der Waals surface area contributed by atoms with Crippen molar-refractivity contribution in [3.05, 3.63) is 121 Å². The Balaban J connectivity index is 0.00000709. The zero-order chi connectivity index (χ0) is 56.9. The maximum Gasteiger partial charge on any atom is 2.00 e. The van der Waals surface area contributed by atoms with E-state index in [-0.39, 0.29) is 17.1 Å². The second-order valence-electron chi connectivity index (χ2n) is 22.7. The molecule has 0 aliphatic carbocycles. The van der Waals surface area contributed by atoms with Crippen LogP contribution >= 0.6 is 0 Å². The number of aromatic nitrogens is 8. The van der Waals surface area contributed by atoms with Gasteiger partial charge in [0.05, 0.1) is 49.7 Å². The van der Waals surface area contributed by atoms with E-state index in [0.29, 0.717) is 72.3 Å². The van der Waals surface area contributed by atoms with Gasteiger partial charge in [-0.2, -0.15) is 0 Å². The first-order chi connectivity index (χ1) is 41.4. The van der Waals surface area contributed by atoms with Crippen molar-refractivity contribution in [2.45, 2.75) is 130 Å². The van der Waals surface area contributed by atoms with Crippen molar-refractivity contribution in [1.29, 1.82) is 0 Å². The summed E-state index contributed by atoms with van der Waals surface area (Å²) in [5, 5.41) is 11.5. The van der Waals surface area contributed by atoms with Crippen LogP contribution in [0, 0.1) is 0 Å². The number of fused-ring (bicyclic) bond motifs is 24. The summed E-state index contributed by atoms with van der Waals surface area (Å²) >= 11 is 0. The van der Waals surface area contributed by atoms with E-state index in [9.17, 15) is 0 Å². The third kappa shape index (κ3) is 12.2. The molecule has 13 rings (SSSR count). The van der Waals surface area contributed by atoms with Crippen molar-refractivity contribution in [3.63, 3.8) is 0 Å². The predicted molar refractivity (Wildman–Crippen MR) is 343 cm³/mol. The molecule has 2 aliphatic heterocycles. The molecule has 0 unspecified atom stereocenters. The van der Waals surface area contributed by atoms with Crippen LogP contribution in [0.3, 0.4) is 0 Å². The Bertz CT molecular complexity index is 4160. The number of nitrogens with zero attached hydrogens (tertiary/aromatic N) is 8. The molecule has 0 fully saturated rings. The van der Waals surface area contributed by atoms with Gasteiger partial charge in [-0.1, -0.05) is 129 Å². The zero-order valence-corrected chi connectivity index (χ0v) is 50.4. The van der Waals surface area contributed by atoms with E-state index >= 15 is 0 Å². The van der Waals surface area contributed by atoms with E-state index in [4.69, 9.17) is 58.8 Å². The van der Waals surface area contributed by atoms with Gasteiger partial charge in [0.15, 0.2) is 0 Å². The minimum Gasteiger partial charge on any atom is -0.494 e. The van der Waals surface area contributed by atoms with Crippen LogP contribution in [0.5, 0.6) is 23.0 Å². The van der Waals surface area contributed by atoms with Crippen LogP contribution in [0.25, 0.3) is 133 Å². The zero-order valence-electron chi connectivity index (χ0n) is 49.3. The van der Waals surface area contributed by atoms with Crippen LogP contribution in [0.2, 0.25) is 0 Å². The van der Waals surface area contributed by atoms with Gasteiger partial charge in [0.2, 0.25) is 0 Å². The van der Waals surface area contributed by atoms with Crippen molar-refractivity contribution in [1.82, 2.24) is 39.9 Å². The summed E-state index contributed by atoms with van der Waals surface area (Å²) < 4.78 is 25.3. The largest absolute Gasteiger partial charge is 2.00 e. The van der Waals surface area contributed by atoms with E-state index < -0.39 is 0 Å². The summed E-state index contributed by atoms with van der Waals surface area (Å²) in [6.07, 6.45) is 18.2. The van der Waals surface area contributed by atoms with Gasteiger partial charge in [-0.25, -0.2) is 9.97 Å². The summed E-state index contributed by atoms with van der Waals surface area (Å²) in [6.45, 7) is 11.6. The van der Waals surface area contributed by atoms with Gasteiger partial charge >= 0.3 is 17.1 Å². The molecular weight excluding hydrogens is 1100 g/mol. The first kappa shape index (κ1) is 57.3. The molecule has 0 saturated carbocycles. The number of rotatable bonds is 24. The molecule has 3 aromatic heterocycles. The first-order valence-corrected chi connectivity index (χ1v) is 30.9. The van der Waals surface area contributed by atoms with Gasteiger partial charge in [-0.15, -0.1) is 0 Å². The average Bonchev–Trinajstić information content (AvgIpc) is 4.38. The second kappa shape index (κ2) is 26.0. The summed E-state index contributed by atoms with van der Waals surface area (Å²) in [7, 11) is 0. The molecule has 12 nitrogen and oxygen atoms in total. The summed E-state index contributed by atoms with van der Waals surface area (Å²) in [4.78, 5) is 43.1. The first-order valence-electron chi connectivity index (χ1n) is 30.9. The van der Waals surface area contributed by atoms with Crippen molar-refractivity contribution in [2.75, 3.05) is 26.4 Å². The molecule has 8 bridgehead atoms. The van der Waals surface area contributed by atoms with Crippen molar-refractivity contribution in [3.8, 4) is 68.5 Å². The number of hydrogen-bond acceptors (Lipinski definition) is 10. The van der Waals surface area contributed by atoms with Gasteiger partial charge < -0.3 is 48.9 Å². The Kier molecular flexibility index (Phi) is 17.5. The molecule has 5 heterocycles. The molecule has 0 amide bonds. The molecule has 2 aliphatic rings. The van der Waals surface area contributed by atoms with Crippen LogP contribution in [0.15, 0.2) is 121 Å². The molecule has 0 radical (unpaired) electrons. The Labute approximate surface area is 507 Å². The van der Waals surface area contributed by atoms with E-state index in [1.54, 1.807) is 0 Å². The molecule has 85 heavy (non-hydrogen) atoms. The van der Waals surface area contributed by atoms with Gasteiger partial charge in [-0.3, -0.25) is 0 Å². The fourth-order valence-electron chi connectivity index (χ4n) is 11.8. The smallest absolute Gasteiger partial charge is 0.494 e. The molecule has 8 aromatic carbocycles. The number of ether oxygens (including phenoxy) is 4. The third-order valence-electron chi connectivity index (χ3n) is 16.5. The van der Waals surface area contributed by atoms with Gasteiger partial charge in [0.1, 0.15) is 23.0 Å². The maximum atomic E-state index is 6.33. The third-order valence-corrected chi connectivity index (χ3v) is 16.5. The van der Waals surface area contributed by atoms with E-state index in [2.05, 4.69) is 149 Å². The molecule has 0 spiro atoms. The van der Waals surface area contributed by atoms with Crippen LogP contribution in [-0.4, -0.2) is 56.3 Å². The Morgan fingerprint density at radius 3 is 0.800 bits per heavy atom. The van der Waals surface area contributed by atoms with Gasteiger partial charge in [0.25, 0.3) is 0 Å². The quantitative estimate of drug-likeness (QED) is 0.0420. The van der Waals surface area contributed by atoms with Crippen LogP contribution in [0.1, 0.15) is 130 Å². The molecule has 432 valence electrons. The molecular formula is C72H72FeN8O4. The molecule has 0 atom stereocenters. The topological polar surface area (TPSA) is 142 Å². The molecule has 0 N–H and O–H groups in total. The predicted octanol–water partition coefficient (Wildman–Crippen LogP) is 18.6. The van der Waals surface area contributed by atoms with E-state index in [1.165, 1.54) is 51.4 Å². The minimum atomic E-state index is 0. The van der Waals surface area contributed by atoms with Gasteiger partial charge in [-0.05, 0) is 187 Å².